The van der Waals surface area contributed by atoms with Crippen LogP contribution in [0.2, 0.25) is 0 Å². The zero-order valence-electron chi connectivity index (χ0n) is 12.3. The van der Waals surface area contributed by atoms with Crippen molar-refractivity contribution in [1.29, 1.82) is 0 Å². The summed E-state index contributed by atoms with van der Waals surface area (Å²) in [5.74, 6) is 0.208. The Hall–Kier alpha value is -2.08. The van der Waals surface area contributed by atoms with Crippen molar-refractivity contribution in [3.05, 3.63) is 46.4 Å². The summed E-state index contributed by atoms with van der Waals surface area (Å²) in [7, 11) is 0. The van der Waals surface area contributed by atoms with Gasteiger partial charge in [-0.25, -0.2) is 0 Å². The van der Waals surface area contributed by atoms with Crippen molar-refractivity contribution >= 4 is 23.2 Å². The lowest BCUT2D eigenvalue weighted by Gasteiger charge is -2.21. The minimum absolute atomic E-state index is 0.0786. The highest BCUT2D eigenvalue weighted by Gasteiger charge is 2.23. The van der Waals surface area contributed by atoms with E-state index >= 15 is 0 Å². The predicted molar refractivity (Wildman–Crippen MR) is 85.9 cm³/mol. The minimum Gasteiger partial charge on any atom is -0.367 e. The Morgan fingerprint density at radius 2 is 1.95 bits per heavy atom. The van der Waals surface area contributed by atoms with Crippen LogP contribution in [0.3, 0.4) is 0 Å². The highest BCUT2D eigenvalue weighted by atomic mass is 32.1. The van der Waals surface area contributed by atoms with Gasteiger partial charge in [0.1, 0.15) is 0 Å². The fourth-order valence-corrected chi connectivity index (χ4v) is 3.37. The van der Waals surface area contributed by atoms with Crippen LogP contribution in [0.5, 0.6) is 0 Å². The number of nitrogens with one attached hydrogen (secondary N) is 1. The normalized spacial score (nSPS) is 15.6. The maximum Gasteiger partial charge on any atom is 0.263 e. The SMILES string of the molecule is O=C(Cc1cc[nH]c1)N1CCCN(C(=O)c2cccs2)CC1. The fraction of sp³-hybridized carbons (Fsp3) is 0.375. The second kappa shape index (κ2) is 6.79. The molecule has 22 heavy (non-hydrogen) atoms. The standard InChI is InChI=1S/C16H19N3O2S/c20-15(11-13-4-5-17-12-13)18-6-2-7-19(9-8-18)16(21)14-3-1-10-22-14/h1,3-5,10,12,17H,2,6-9,11H2. The second-order valence-corrected chi connectivity index (χ2v) is 6.35. The molecule has 116 valence electrons. The molecule has 3 rings (SSSR count). The van der Waals surface area contributed by atoms with Crippen LogP contribution in [0.25, 0.3) is 0 Å². The van der Waals surface area contributed by atoms with Crippen LogP contribution in [-0.4, -0.2) is 52.8 Å². The van der Waals surface area contributed by atoms with E-state index in [1.54, 1.807) is 0 Å². The first kappa shape index (κ1) is 14.8. The Labute approximate surface area is 133 Å². The molecule has 0 spiro atoms. The number of amides is 2. The van der Waals surface area contributed by atoms with Gasteiger partial charge in [0.15, 0.2) is 0 Å². The van der Waals surface area contributed by atoms with Gasteiger partial charge in [-0.05, 0) is 29.5 Å². The van der Waals surface area contributed by atoms with Crippen molar-refractivity contribution in [1.82, 2.24) is 14.8 Å². The van der Waals surface area contributed by atoms with E-state index in [0.29, 0.717) is 26.1 Å². The smallest absolute Gasteiger partial charge is 0.263 e. The van der Waals surface area contributed by atoms with E-state index < -0.39 is 0 Å². The molecule has 1 fully saturated rings. The Morgan fingerprint density at radius 1 is 1.14 bits per heavy atom. The average Bonchev–Trinajstić information content (AvgIpc) is 3.16. The molecule has 0 bridgehead atoms. The van der Waals surface area contributed by atoms with Crippen molar-refractivity contribution in [3.63, 3.8) is 0 Å². The summed E-state index contributed by atoms with van der Waals surface area (Å²) in [6, 6.07) is 5.66. The molecule has 0 saturated carbocycles. The van der Waals surface area contributed by atoms with Gasteiger partial charge in [-0.15, -0.1) is 11.3 Å². The molecule has 0 unspecified atom stereocenters. The summed E-state index contributed by atoms with van der Waals surface area (Å²) in [6.07, 6.45) is 4.92. The van der Waals surface area contributed by atoms with E-state index in [2.05, 4.69) is 4.98 Å². The highest BCUT2D eigenvalue weighted by Crippen LogP contribution is 2.14. The molecule has 2 aromatic heterocycles. The molecule has 2 aromatic rings. The van der Waals surface area contributed by atoms with Gasteiger partial charge in [0, 0.05) is 38.6 Å². The van der Waals surface area contributed by atoms with Gasteiger partial charge in [-0.1, -0.05) is 6.07 Å². The van der Waals surface area contributed by atoms with Gasteiger partial charge in [0.2, 0.25) is 5.91 Å². The maximum atomic E-state index is 12.4. The van der Waals surface area contributed by atoms with Gasteiger partial charge >= 0.3 is 0 Å². The summed E-state index contributed by atoms with van der Waals surface area (Å²) in [5.41, 5.74) is 1.00. The van der Waals surface area contributed by atoms with Crippen molar-refractivity contribution < 1.29 is 9.59 Å². The van der Waals surface area contributed by atoms with Crippen LogP contribution in [0.15, 0.2) is 36.0 Å². The third-order valence-corrected chi connectivity index (χ3v) is 4.74. The number of rotatable bonds is 3. The zero-order chi connectivity index (χ0) is 15.4. The van der Waals surface area contributed by atoms with Crippen molar-refractivity contribution in [2.24, 2.45) is 0 Å². The number of H-pyrrole nitrogens is 1. The number of aromatic amines is 1. The number of nitrogens with zero attached hydrogens (tertiary/aromatic N) is 2. The van der Waals surface area contributed by atoms with Crippen molar-refractivity contribution in [3.8, 4) is 0 Å². The quantitative estimate of drug-likeness (QED) is 0.941. The Kier molecular flexibility index (Phi) is 4.58. The first-order valence-corrected chi connectivity index (χ1v) is 8.34. The Bertz CT molecular complexity index is 622. The zero-order valence-corrected chi connectivity index (χ0v) is 13.1. The maximum absolute atomic E-state index is 12.4. The number of thiophene rings is 1. The summed E-state index contributed by atoms with van der Waals surface area (Å²) in [4.78, 5) is 32.2. The third kappa shape index (κ3) is 3.39. The monoisotopic (exact) mass is 317 g/mol. The third-order valence-electron chi connectivity index (χ3n) is 3.89. The van der Waals surface area contributed by atoms with Gasteiger partial charge in [0.05, 0.1) is 11.3 Å². The molecule has 3 heterocycles. The number of hydrogen-bond donors (Lipinski definition) is 1. The second-order valence-electron chi connectivity index (χ2n) is 5.40. The van der Waals surface area contributed by atoms with Gasteiger partial charge in [-0.3, -0.25) is 9.59 Å². The molecule has 2 amide bonds. The topological polar surface area (TPSA) is 56.4 Å². The lowest BCUT2D eigenvalue weighted by atomic mass is 10.2. The van der Waals surface area contributed by atoms with Crippen molar-refractivity contribution in [2.75, 3.05) is 26.2 Å². The first-order chi connectivity index (χ1) is 10.7. The van der Waals surface area contributed by atoms with Gasteiger partial charge in [-0.2, -0.15) is 0 Å². The molecule has 1 aliphatic heterocycles. The summed E-state index contributed by atoms with van der Waals surface area (Å²) in [5, 5.41) is 1.91. The summed E-state index contributed by atoms with van der Waals surface area (Å²) < 4.78 is 0. The largest absolute Gasteiger partial charge is 0.367 e. The van der Waals surface area contributed by atoms with Crippen LogP contribution < -0.4 is 0 Å². The number of carbonyl (C=O) groups excluding carboxylic acids is 2. The molecule has 1 N–H and O–H groups in total. The van der Waals surface area contributed by atoms with Crippen LogP contribution in [0.4, 0.5) is 0 Å². The number of hydrogen-bond acceptors (Lipinski definition) is 3. The summed E-state index contributed by atoms with van der Waals surface area (Å²) in [6.45, 7) is 2.65. The van der Waals surface area contributed by atoms with E-state index in [1.807, 2.05) is 45.8 Å². The van der Waals surface area contributed by atoms with Crippen LogP contribution >= 0.6 is 11.3 Å². The lowest BCUT2D eigenvalue weighted by molar-refractivity contribution is -0.130. The molecule has 5 nitrogen and oxygen atoms in total. The fourth-order valence-electron chi connectivity index (χ4n) is 2.68. The van der Waals surface area contributed by atoms with E-state index in [1.165, 1.54) is 11.3 Å². The lowest BCUT2D eigenvalue weighted by Crippen LogP contribution is -2.37. The molecule has 0 aromatic carbocycles. The van der Waals surface area contributed by atoms with Gasteiger partial charge < -0.3 is 14.8 Å². The van der Waals surface area contributed by atoms with Crippen LogP contribution in [0.1, 0.15) is 21.7 Å². The van der Waals surface area contributed by atoms with E-state index in [-0.39, 0.29) is 11.8 Å². The van der Waals surface area contributed by atoms with Crippen LogP contribution in [-0.2, 0) is 11.2 Å². The number of carbonyl (C=O) groups is 2. The first-order valence-electron chi connectivity index (χ1n) is 7.46. The molecule has 1 aliphatic rings. The molecule has 0 atom stereocenters. The molecular weight excluding hydrogens is 298 g/mol. The van der Waals surface area contributed by atoms with Crippen LogP contribution in [0, 0.1) is 0 Å². The Morgan fingerprint density at radius 3 is 2.68 bits per heavy atom. The summed E-state index contributed by atoms with van der Waals surface area (Å²) >= 11 is 1.47. The van der Waals surface area contributed by atoms with Crippen molar-refractivity contribution in [2.45, 2.75) is 12.8 Å². The predicted octanol–water partition coefficient (Wildman–Crippen LogP) is 1.99. The molecule has 0 aliphatic carbocycles. The minimum atomic E-state index is 0.0786. The van der Waals surface area contributed by atoms with Gasteiger partial charge in [0.25, 0.3) is 5.91 Å². The number of aromatic nitrogens is 1. The molecule has 6 heteroatoms. The van der Waals surface area contributed by atoms with E-state index in [9.17, 15) is 9.59 Å². The molecular formula is C16H19N3O2S. The van der Waals surface area contributed by atoms with E-state index in [0.717, 1.165) is 23.4 Å². The highest BCUT2D eigenvalue weighted by molar-refractivity contribution is 7.12. The molecule has 1 saturated heterocycles. The molecule has 0 radical (unpaired) electrons. The van der Waals surface area contributed by atoms with E-state index in [4.69, 9.17) is 0 Å². The average molecular weight is 317 g/mol. The Balaban J connectivity index is 1.57.